The summed E-state index contributed by atoms with van der Waals surface area (Å²) < 4.78 is 2.10. The highest BCUT2D eigenvalue weighted by atomic mass is 35.5. The number of hydrogen-bond donors (Lipinski definition) is 1. The van der Waals surface area contributed by atoms with Crippen LogP contribution >= 0.6 is 11.6 Å². The molecule has 1 aliphatic rings. The molecular weight excluding hydrogens is 258 g/mol. The highest BCUT2D eigenvalue weighted by Gasteiger charge is 2.12. The maximum atomic E-state index is 6.36. The average molecular weight is 278 g/mol. The monoisotopic (exact) mass is 277 g/mol. The molecule has 2 heterocycles. The van der Waals surface area contributed by atoms with E-state index in [9.17, 15) is 0 Å². The molecule has 0 aliphatic carbocycles. The Balaban J connectivity index is 1.80. The number of nitrogens with zero attached hydrogens (tertiary/aromatic N) is 2. The Morgan fingerprint density at radius 3 is 2.84 bits per heavy atom. The molecule has 4 heteroatoms. The second-order valence-electron chi connectivity index (χ2n) is 5.24. The number of aromatic nitrogens is 1. The lowest BCUT2D eigenvalue weighted by molar-refractivity contribution is 0.244. The van der Waals surface area contributed by atoms with Gasteiger partial charge in [0, 0.05) is 56.9 Å². The van der Waals surface area contributed by atoms with Crippen molar-refractivity contribution in [1.29, 1.82) is 0 Å². The Morgan fingerprint density at radius 1 is 1.26 bits per heavy atom. The number of fused-ring (bicyclic) bond motifs is 1. The normalized spacial score (nSPS) is 17.2. The number of aryl methyl sites for hydroxylation is 1. The van der Waals surface area contributed by atoms with E-state index in [0.29, 0.717) is 0 Å². The van der Waals surface area contributed by atoms with E-state index in [0.717, 1.165) is 44.2 Å². The topological polar surface area (TPSA) is 20.2 Å². The van der Waals surface area contributed by atoms with E-state index in [1.807, 2.05) is 13.2 Å². The van der Waals surface area contributed by atoms with Gasteiger partial charge in [-0.1, -0.05) is 23.7 Å². The van der Waals surface area contributed by atoms with Crippen LogP contribution in [0.25, 0.3) is 10.9 Å². The Bertz CT molecular complexity index is 570. The first-order valence-electron chi connectivity index (χ1n) is 6.91. The number of hydrogen-bond acceptors (Lipinski definition) is 2. The predicted octanol–water partition coefficient (Wildman–Crippen LogP) is 2.28. The van der Waals surface area contributed by atoms with E-state index in [2.05, 4.69) is 33.0 Å². The molecule has 0 unspecified atom stereocenters. The van der Waals surface area contributed by atoms with Crippen LogP contribution in [0.2, 0.25) is 5.02 Å². The zero-order valence-corrected chi connectivity index (χ0v) is 12.1. The quantitative estimate of drug-likeness (QED) is 0.929. The largest absolute Gasteiger partial charge is 0.349 e. The predicted molar refractivity (Wildman–Crippen MR) is 80.9 cm³/mol. The van der Waals surface area contributed by atoms with Crippen LogP contribution in [0.4, 0.5) is 0 Å². The van der Waals surface area contributed by atoms with Gasteiger partial charge in [0.05, 0.1) is 5.02 Å². The van der Waals surface area contributed by atoms with Gasteiger partial charge in [0.15, 0.2) is 0 Å². The van der Waals surface area contributed by atoms with Crippen LogP contribution in [-0.4, -0.2) is 42.2 Å². The summed E-state index contributed by atoms with van der Waals surface area (Å²) in [7, 11) is 2.05. The third-order valence-corrected chi connectivity index (χ3v) is 4.25. The van der Waals surface area contributed by atoms with E-state index in [4.69, 9.17) is 11.6 Å². The van der Waals surface area contributed by atoms with Gasteiger partial charge in [-0.2, -0.15) is 0 Å². The van der Waals surface area contributed by atoms with Crippen molar-refractivity contribution >= 4 is 22.5 Å². The van der Waals surface area contributed by atoms with Gasteiger partial charge in [0.1, 0.15) is 0 Å². The van der Waals surface area contributed by atoms with Gasteiger partial charge in [-0.05, 0) is 18.1 Å². The average Bonchev–Trinajstić information content (AvgIpc) is 2.74. The van der Waals surface area contributed by atoms with Crippen molar-refractivity contribution in [3.8, 4) is 0 Å². The number of benzene rings is 1. The molecule has 19 heavy (non-hydrogen) atoms. The molecule has 1 N–H and O–H groups in total. The summed E-state index contributed by atoms with van der Waals surface area (Å²) in [5, 5.41) is 5.48. The highest BCUT2D eigenvalue weighted by Crippen LogP contribution is 2.28. The molecular formula is C15H20ClN3. The maximum Gasteiger partial charge on any atom is 0.0664 e. The fourth-order valence-electron chi connectivity index (χ4n) is 2.88. The number of rotatable bonds is 3. The Hall–Kier alpha value is -1.03. The van der Waals surface area contributed by atoms with Crippen molar-refractivity contribution < 1.29 is 0 Å². The summed E-state index contributed by atoms with van der Waals surface area (Å²) in [6.07, 6.45) is 3.07. The zero-order chi connectivity index (χ0) is 13.2. The molecule has 1 aromatic heterocycles. The smallest absolute Gasteiger partial charge is 0.0664 e. The van der Waals surface area contributed by atoms with Crippen LogP contribution in [0.5, 0.6) is 0 Å². The van der Waals surface area contributed by atoms with Crippen LogP contribution in [-0.2, 0) is 13.5 Å². The summed E-state index contributed by atoms with van der Waals surface area (Å²) in [4.78, 5) is 2.52. The van der Waals surface area contributed by atoms with Crippen LogP contribution in [0, 0.1) is 0 Å². The third kappa shape index (κ3) is 2.64. The lowest BCUT2D eigenvalue weighted by Crippen LogP contribution is -2.44. The molecule has 0 spiro atoms. The van der Waals surface area contributed by atoms with Crippen molar-refractivity contribution in [3.05, 3.63) is 35.0 Å². The van der Waals surface area contributed by atoms with Crippen LogP contribution in [0.15, 0.2) is 24.4 Å². The van der Waals surface area contributed by atoms with Crippen molar-refractivity contribution in [2.75, 3.05) is 32.7 Å². The molecule has 102 valence electrons. The van der Waals surface area contributed by atoms with Crippen molar-refractivity contribution in [2.24, 2.45) is 7.05 Å². The Morgan fingerprint density at radius 2 is 2.05 bits per heavy atom. The molecule has 1 fully saturated rings. The second kappa shape index (κ2) is 5.53. The molecule has 3 rings (SSSR count). The van der Waals surface area contributed by atoms with Gasteiger partial charge in [-0.3, -0.25) is 0 Å². The van der Waals surface area contributed by atoms with Gasteiger partial charge in [-0.25, -0.2) is 0 Å². The van der Waals surface area contributed by atoms with Crippen molar-refractivity contribution in [2.45, 2.75) is 6.42 Å². The minimum absolute atomic E-state index is 0.869. The SMILES string of the molecule is Cn1cc(Cl)c2c(CCN3CCNCC3)cccc21. The van der Waals surface area contributed by atoms with E-state index < -0.39 is 0 Å². The number of halogens is 1. The van der Waals surface area contributed by atoms with Gasteiger partial charge in [0.2, 0.25) is 0 Å². The van der Waals surface area contributed by atoms with Crippen molar-refractivity contribution in [1.82, 2.24) is 14.8 Å². The van der Waals surface area contributed by atoms with Gasteiger partial charge in [-0.15, -0.1) is 0 Å². The number of nitrogens with one attached hydrogen (secondary N) is 1. The minimum atomic E-state index is 0.869. The molecule has 3 nitrogen and oxygen atoms in total. The first kappa shape index (κ1) is 13.0. The maximum absolute atomic E-state index is 6.36. The first-order chi connectivity index (χ1) is 9.25. The summed E-state index contributed by atoms with van der Waals surface area (Å²) in [6, 6.07) is 6.47. The van der Waals surface area contributed by atoms with E-state index >= 15 is 0 Å². The first-order valence-corrected chi connectivity index (χ1v) is 7.29. The molecule has 0 radical (unpaired) electrons. The second-order valence-corrected chi connectivity index (χ2v) is 5.65. The Kier molecular flexibility index (Phi) is 3.78. The van der Waals surface area contributed by atoms with Gasteiger partial charge < -0.3 is 14.8 Å². The van der Waals surface area contributed by atoms with Crippen molar-refractivity contribution in [3.63, 3.8) is 0 Å². The molecule has 0 atom stereocenters. The molecule has 0 saturated carbocycles. The lowest BCUT2D eigenvalue weighted by Gasteiger charge is -2.27. The van der Waals surface area contributed by atoms with Crippen LogP contribution < -0.4 is 5.32 Å². The molecule has 0 amide bonds. The van der Waals surface area contributed by atoms with Gasteiger partial charge >= 0.3 is 0 Å². The minimum Gasteiger partial charge on any atom is -0.349 e. The highest BCUT2D eigenvalue weighted by molar-refractivity contribution is 6.35. The fraction of sp³-hybridized carbons (Fsp3) is 0.467. The van der Waals surface area contributed by atoms with Crippen LogP contribution in [0.3, 0.4) is 0 Å². The summed E-state index contributed by atoms with van der Waals surface area (Å²) in [5.41, 5.74) is 2.59. The Labute approximate surface area is 119 Å². The zero-order valence-electron chi connectivity index (χ0n) is 11.3. The molecule has 1 saturated heterocycles. The fourth-order valence-corrected chi connectivity index (χ4v) is 3.25. The van der Waals surface area contributed by atoms with E-state index in [1.54, 1.807) is 0 Å². The summed E-state index contributed by atoms with van der Waals surface area (Å²) in [6.45, 7) is 5.63. The van der Waals surface area contributed by atoms with E-state index in [-0.39, 0.29) is 0 Å². The summed E-state index contributed by atoms with van der Waals surface area (Å²) in [5.74, 6) is 0. The molecule has 1 aromatic carbocycles. The summed E-state index contributed by atoms with van der Waals surface area (Å²) >= 11 is 6.36. The molecule has 0 bridgehead atoms. The lowest BCUT2D eigenvalue weighted by atomic mass is 10.1. The van der Waals surface area contributed by atoms with E-state index in [1.165, 1.54) is 16.5 Å². The molecule has 1 aliphatic heterocycles. The van der Waals surface area contributed by atoms with Gasteiger partial charge in [0.25, 0.3) is 0 Å². The number of piperazine rings is 1. The third-order valence-electron chi connectivity index (χ3n) is 3.96. The van der Waals surface area contributed by atoms with Crippen LogP contribution in [0.1, 0.15) is 5.56 Å². The standard InChI is InChI=1S/C15H20ClN3/c1-18-11-13(16)15-12(3-2-4-14(15)18)5-8-19-9-6-17-7-10-19/h2-4,11,17H,5-10H2,1H3. The molecule has 2 aromatic rings.